The van der Waals surface area contributed by atoms with E-state index in [0.29, 0.717) is 11.0 Å². The van der Waals surface area contributed by atoms with Crippen LogP contribution in [0.5, 0.6) is 5.75 Å². The fourth-order valence-electron chi connectivity index (χ4n) is 3.45. The van der Waals surface area contributed by atoms with E-state index in [4.69, 9.17) is 9.72 Å². The second-order valence-electron chi connectivity index (χ2n) is 6.58. The number of allylic oxidation sites excluding steroid dienone is 1. The zero-order chi connectivity index (χ0) is 17.7. The van der Waals surface area contributed by atoms with E-state index >= 15 is 0 Å². The van der Waals surface area contributed by atoms with Gasteiger partial charge in [0.15, 0.2) is 5.82 Å². The Labute approximate surface area is 163 Å². The summed E-state index contributed by atoms with van der Waals surface area (Å²) in [6.45, 7) is 0. The Bertz CT molecular complexity index is 1010. The normalized spacial score (nSPS) is 21.0. The molecule has 1 aliphatic carbocycles. The van der Waals surface area contributed by atoms with E-state index in [1.807, 2.05) is 18.3 Å². The van der Waals surface area contributed by atoms with Crippen molar-refractivity contribution in [1.29, 1.82) is 0 Å². The van der Waals surface area contributed by atoms with E-state index in [9.17, 15) is 0 Å². The molecular weight excluding hydrogens is 414 g/mol. The number of halogens is 1. The minimum atomic E-state index is -0.116. The number of ether oxygens (including phenoxy) is 1. The van der Waals surface area contributed by atoms with Crippen LogP contribution >= 0.6 is 27.7 Å². The lowest BCUT2D eigenvalue weighted by Gasteiger charge is -2.14. The SMILES string of the molecule is COc1ccc(C2(c3nnc4nc(C5CC=C(Br)S5)cnn34)CC2)cc1. The molecule has 6 nitrogen and oxygen atoms in total. The Hall–Kier alpha value is -1.93. The number of fused-ring (bicyclic) bond motifs is 1. The first kappa shape index (κ1) is 16.3. The number of aromatic nitrogens is 5. The van der Waals surface area contributed by atoms with Gasteiger partial charge in [-0.25, -0.2) is 4.98 Å². The van der Waals surface area contributed by atoms with Gasteiger partial charge in [0.25, 0.3) is 5.78 Å². The van der Waals surface area contributed by atoms with Crippen LogP contribution in [-0.2, 0) is 5.41 Å². The van der Waals surface area contributed by atoms with Crippen LogP contribution in [0.2, 0.25) is 0 Å². The molecule has 0 amide bonds. The summed E-state index contributed by atoms with van der Waals surface area (Å²) in [5.74, 6) is 2.30. The van der Waals surface area contributed by atoms with Crippen molar-refractivity contribution in [3.05, 3.63) is 57.4 Å². The standard InChI is InChI=1S/C18H16BrN5OS/c1-25-12-4-2-11(3-5-12)18(8-9-18)16-22-23-17-21-13(10-20-24(16)17)14-6-7-15(19)26-14/h2-5,7,10,14H,6,8-9H2,1H3. The van der Waals surface area contributed by atoms with E-state index in [1.165, 1.54) is 5.56 Å². The number of hydrogen-bond donors (Lipinski definition) is 0. The maximum atomic E-state index is 5.27. The van der Waals surface area contributed by atoms with Crippen LogP contribution in [-0.4, -0.2) is 31.9 Å². The molecule has 0 radical (unpaired) electrons. The molecule has 3 aromatic rings. The molecule has 1 unspecified atom stereocenters. The van der Waals surface area contributed by atoms with Crippen LogP contribution in [0.4, 0.5) is 0 Å². The van der Waals surface area contributed by atoms with Crippen LogP contribution in [0.1, 0.15) is 41.6 Å². The van der Waals surface area contributed by atoms with E-state index in [1.54, 1.807) is 23.4 Å². The highest BCUT2D eigenvalue weighted by Gasteiger charge is 2.50. The molecule has 1 atom stereocenters. The third-order valence-electron chi connectivity index (χ3n) is 5.06. The topological polar surface area (TPSA) is 65.2 Å². The van der Waals surface area contributed by atoms with E-state index in [2.05, 4.69) is 49.4 Å². The van der Waals surface area contributed by atoms with Gasteiger partial charge in [0.2, 0.25) is 0 Å². The Morgan fingerprint density at radius 1 is 1.23 bits per heavy atom. The number of hydrogen-bond acceptors (Lipinski definition) is 6. The molecule has 1 aliphatic heterocycles. The highest BCUT2D eigenvalue weighted by atomic mass is 79.9. The van der Waals surface area contributed by atoms with Crippen molar-refractivity contribution in [3.63, 3.8) is 0 Å². The largest absolute Gasteiger partial charge is 0.497 e. The van der Waals surface area contributed by atoms with Gasteiger partial charge < -0.3 is 4.74 Å². The summed E-state index contributed by atoms with van der Waals surface area (Å²) in [6, 6.07) is 8.19. The van der Waals surface area contributed by atoms with Crippen LogP contribution in [0.15, 0.2) is 40.4 Å². The first-order valence-electron chi connectivity index (χ1n) is 8.45. The number of benzene rings is 1. The minimum Gasteiger partial charge on any atom is -0.497 e. The zero-order valence-corrected chi connectivity index (χ0v) is 16.5. The molecule has 8 heteroatoms. The lowest BCUT2D eigenvalue weighted by Crippen LogP contribution is -2.15. The molecule has 0 spiro atoms. The zero-order valence-electron chi connectivity index (χ0n) is 14.1. The molecule has 26 heavy (non-hydrogen) atoms. The van der Waals surface area contributed by atoms with Crippen LogP contribution in [0, 0.1) is 0 Å². The van der Waals surface area contributed by atoms with Gasteiger partial charge in [-0.1, -0.05) is 18.2 Å². The minimum absolute atomic E-state index is 0.116. The summed E-state index contributed by atoms with van der Waals surface area (Å²) >= 11 is 5.29. The van der Waals surface area contributed by atoms with Gasteiger partial charge in [0, 0.05) is 3.81 Å². The summed E-state index contributed by atoms with van der Waals surface area (Å²) in [5.41, 5.74) is 2.05. The van der Waals surface area contributed by atoms with Crippen LogP contribution in [0.25, 0.3) is 5.78 Å². The number of nitrogens with zero attached hydrogens (tertiary/aromatic N) is 5. The second-order valence-corrected chi connectivity index (χ2v) is 9.20. The molecule has 132 valence electrons. The molecule has 0 saturated heterocycles. The summed E-state index contributed by atoms with van der Waals surface area (Å²) in [6.07, 6.45) is 7.05. The second kappa shape index (κ2) is 6.06. The predicted molar refractivity (Wildman–Crippen MR) is 104 cm³/mol. The van der Waals surface area contributed by atoms with Gasteiger partial charge in [-0.3, -0.25) is 0 Å². The van der Waals surface area contributed by atoms with E-state index < -0.39 is 0 Å². The van der Waals surface area contributed by atoms with E-state index in [-0.39, 0.29) is 5.41 Å². The fourth-order valence-corrected chi connectivity index (χ4v) is 5.21. The Balaban J connectivity index is 1.51. The number of rotatable bonds is 4. The third-order valence-corrected chi connectivity index (χ3v) is 7.05. The smallest absolute Gasteiger partial charge is 0.272 e. The van der Waals surface area contributed by atoms with Gasteiger partial charge in [-0.2, -0.15) is 9.61 Å². The average molecular weight is 430 g/mol. The van der Waals surface area contributed by atoms with Crippen molar-refractivity contribution in [1.82, 2.24) is 24.8 Å². The summed E-state index contributed by atoms with van der Waals surface area (Å²) < 4.78 is 8.22. The van der Waals surface area contributed by atoms with Gasteiger partial charge in [0.1, 0.15) is 5.75 Å². The highest BCUT2D eigenvalue weighted by Crippen LogP contribution is 2.53. The Morgan fingerprint density at radius 3 is 2.69 bits per heavy atom. The molecule has 3 heterocycles. The highest BCUT2D eigenvalue weighted by molar-refractivity contribution is 9.14. The first-order chi connectivity index (χ1) is 12.7. The molecule has 1 aromatic carbocycles. The Morgan fingerprint density at radius 2 is 2.04 bits per heavy atom. The maximum absolute atomic E-state index is 5.27. The molecular formula is C18H16BrN5OS. The molecule has 5 rings (SSSR count). The van der Waals surface area contributed by atoms with Crippen molar-refractivity contribution in [2.45, 2.75) is 29.9 Å². The van der Waals surface area contributed by atoms with Crippen molar-refractivity contribution in [2.75, 3.05) is 7.11 Å². The summed E-state index contributed by atoms with van der Waals surface area (Å²) in [5, 5.41) is 13.7. The van der Waals surface area contributed by atoms with Gasteiger partial charge in [0.05, 0.1) is 29.7 Å². The fraction of sp³-hybridized carbons (Fsp3) is 0.333. The van der Waals surface area contributed by atoms with Crippen molar-refractivity contribution < 1.29 is 4.74 Å². The monoisotopic (exact) mass is 429 g/mol. The first-order valence-corrected chi connectivity index (χ1v) is 10.1. The molecule has 2 aliphatic rings. The molecule has 0 bridgehead atoms. The van der Waals surface area contributed by atoms with Crippen molar-refractivity contribution >= 4 is 33.5 Å². The molecule has 1 fully saturated rings. The summed E-state index contributed by atoms with van der Waals surface area (Å²) in [7, 11) is 1.68. The molecule has 2 aromatic heterocycles. The third kappa shape index (κ3) is 2.54. The van der Waals surface area contributed by atoms with Gasteiger partial charge in [-0.05, 0) is 52.9 Å². The molecule has 0 N–H and O–H groups in total. The average Bonchev–Trinajstić information content (AvgIpc) is 3.17. The van der Waals surface area contributed by atoms with E-state index in [0.717, 1.165) is 40.3 Å². The number of methoxy groups -OCH3 is 1. The lowest BCUT2D eigenvalue weighted by molar-refractivity contribution is 0.414. The summed E-state index contributed by atoms with van der Waals surface area (Å²) in [4.78, 5) is 4.71. The quantitative estimate of drug-likeness (QED) is 0.623. The lowest BCUT2D eigenvalue weighted by atomic mass is 9.95. The van der Waals surface area contributed by atoms with Crippen LogP contribution in [0.3, 0.4) is 0 Å². The van der Waals surface area contributed by atoms with Crippen molar-refractivity contribution in [2.24, 2.45) is 0 Å². The van der Waals surface area contributed by atoms with Gasteiger partial charge >= 0.3 is 0 Å². The Kier molecular flexibility index (Phi) is 3.79. The van der Waals surface area contributed by atoms with Crippen molar-refractivity contribution in [3.8, 4) is 5.75 Å². The predicted octanol–water partition coefficient (Wildman–Crippen LogP) is 4.02. The maximum Gasteiger partial charge on any atom is 0.272 e. The van der Waals surface area contributed by atoms with Crippen LogP contribution < -0.4 is 4.74 Å². The molecule has 1 saturated carbocycles. The van der Waals surface area contributed by atoms with Gasteiger partial charge in [-0.15, -0.1) is 22.0 Å². The number of thioether (sulfide) groups is 1.